The van der Waals surface area contributed by atoms with E-state index in [1.807, 2.05) is 0 Å². The lowest BCUT2D eigenvalue weighted by Crippen LogP contribution is -2.24. The van der Waals surface area contributed by atoms with E-state index in [0.29, 0.717) is 0 Å². The van der Waals surface area contributed by atoms with Crippen LogP contribution in [0.4, 0.5) is 0 Å². The third kappa shape index (κ3) is 4.11. The Bertz CT molecular complexity index is 137. The summed E-state index contributed by atoms with van der Waals surface area (Å²) in [6, 6.07) is 0. The molecule has 2 aliphatic carbocycles. The van der Waals surface area contributed by atoms with Crippen LogP contribution in [0.5, 0.6) is 0 Å². The molecule has 0 atom stereocenters. The van der Waals surface area contributed by atoms with Crippen LogP contribution in [0, 0.1) is 23.7 Å². The van der Waals surface area contributed by atoms with Gasteiger partial charge in [0.2, 0.25) is 0 Å². The molecule has 0 N–H and O–H groups in total. The molecule has 0 radical (unpaired) electrons. The lowest BCUT2D eigenvalue weighted by atomic mass is 9.70. The maximum absolute atomic E-state index is 2.43. The second-order valence-corrected chi connectivity index (χ2v) is 6.04. The van der Waals surface area contributed by atoms with Crippen molar-refractivity contribution >= 4 is 0 Å². The average molecular weight is 226 g/mol. The van der Waals surface area contributed by atoms with Crippen LogP contribution in [0.3, 0.4) is 0 Å². The molecule has 0 aromatic carbocycles. The summed E-state index contributed by atoms with van der Waals surface area (Å²) in [7, 11) is 0. The van der Waals surface area contributed by atoms with E-state index >= 15 is 0 Å². The van der Waals surface area contributed by atoms with Crippen molar-refractivity contribution in [2.45, 2.75) is 80.1 Å². The van der Waals surface area contributed by atoms with Crippen LogP contribution in [0.25, 0.3) is 0 Å². The van der Waals surface area contributed by atoms with E-state index in [2.05, 4.69) is 13.8 Å². The Hall–Kier alpha value is 0. The second kappa shape index (κ2) is 7.35. The molecular weight excluding hydrogens is 192 g/mol. The van der Waals surface area contributed by atoms with Crippen LogP contribution >= 0.6 is 0 Å². The molecule has 0 aromatic rings. The summed E-state index contributed by atoms with van der Waals surface area (Å²) < 4.78 is 0. The Balaban J connectivity index is 0.00000112. The van der Waals surface area contributed by atoms with Gasteiger partial charge in [-0.15, -0.1) is 0 Å². The van der Waals surface area contributed by atoms with Crippen LogP contribution in [0.15, 0.2) is 0 Å². The van der Waals surface area contributed by atoms with Crippen molar-refractivity contribution in [1.29, 1.82) is 0 Å². The van der Waals surface area contributed by atoms with Gasteiger partial charge in [-0.05, 0) is 49.4 Å². The average Bonchev–Trinajstić information content (AvgIpc) is 2.21. The molecule has 0 saturated heterocycles. The van der Waals surface area contributed by atoms with Gasteiger partial charge in [-0.25, -0.2) is 0 Å². The minimum Gasteiger partial charge on any atom is -0.0776 e. The van der Waals surface area contributed by atoms with Crippen molar-refractivity contribution in [3.63, 3.8) is 0 Å². The fourth-order valence-electron chi connectivity index (χ4n) is 3.51. The molecule has 0 amide bonds. The fourth-order valence-corrected chi connectivity index (χ4v) is 3.51. The Kier molecular flexibility index (Phi) is 7.35. The van der Waals surface area contributed by atoms with E-state index in [9.17, 15) is 0 Å². The minimum absolute atomic E-state index is 0. The van der Waals surface area contributed by atoms with Gasteiger partial charge in [0.15, 0.2) is 0 Å². The minimum atomic E-state index is 0. The van der Waals surface area contributed by atoms with Gasteiger partial charge in [0.1, 0.15) is 0 Å². The molecule has 98 valence electrons. The van der Waals surface area contributed by atoms with Gasteiger partial charge in [-0.2, -0.15) is 0 Å². The Morgan fingerprint density at radius 1 is 0.500 bits per heavy atom. The van der Waals surface area contributed by atoms with E-state index in [-0.39, 0.29) is 14.9 Å². The van der Waals surface area contributed by atoms with Crippen molar-refractivity contribution in [2.75, 3.05) is 0 Å². The molecule has 2 aliphatic rings. The molecule has 2 rings (SSSR count). The molecule has 2 fully saturated rings. The van der Waals surface area contributed by atoms with E-state index < -0.39 is 0 Å². The highest BCUT2D eigenvalue weighted by Crippen LogP contribution is 2.40. The first-order valence-electron chi connectivity index (χ1n) is 6.75. The molecule has 2 saturated carbocycles. The second-order valence-electron chi connectivity index (χ2n) is 6.04. The summed E-state index contributed by atoms with van der Waals surface area (Å²) >= 11 is 0. The first-order valence-corrected chi connectivity index (χ1v) is 6.75. The lowest BCUT2D eigenvalue weighted by Gasteiger charge is -2.36. The molecule has 0 heterocycles. The van der Waals surface area contributed by atoms with Gasteiger partial charge in [0, 0.05) is 0 Å². The topological polar surface area (TPSA) is 0 Å². The zero-order chi connectivity index (χ0) is 9.97. The zero-order valence-electron chi connectivity index (χ0n) is 9.97. The maximum atomic E-state index is 2.43. The molecule has 0 aliphatic heterocycles. The third-order valence-corrected chi connectivity index (χ3v) is 4.79. The van der Waals surface area contributed by atoms with Crippen molar-refractivity contribution in [3.05, 3.63) is 0 Å². The van der Waals surface area contributed by atoms with Crippen LogP contribution in [0.2, 0.25) is 0 Å². The molecular formula is C16H34. The van der Waals surface area contributed by atoms with Crippen molar-refractivity contribution in [3.8, 4) is 0 Å². The Labute approximate surface area is 104 Å². The van der Waals surface area contributed by atoms with Gasteiger partial charge in [0.05, 0.1) is 0 Å². The van der Waals surface area contributed by atoms with Crippen molar-refractivity contribution in [1.82, 2.24) is 0 Å². The summed E-state index contributed by atoms with van der Waals surface area (Å²) in [5, 5.41) is 0. The van der Waals surface area contributed by atoms with Gasteiger partial charge >= 0.3 is 0 Å². The number of rotatable bonds is 1. The van der Waals surface area contributed by atoms with Crippen LogP contribution in [-0.2, 0) is 0 Å². The first-order chi connectivity index (χ1) is 6.75. The summed E-state index contributed by atoms with van der Waals surface area (Å²) in [5.41, 5.74) is 0. The Morgan fingerprint density at radius 3 is 1.00 bits per heavy atom. The molecule has 0 heteroatoms. The largest absolute Gasteiger partial charge is 0.0776 e. The first kappa shape index (κ1) is 16.0. The maximum Gasteiger partial charge on any atom is -0.0386 e. The SMILES string of the molecule is C.C.CC1CCC(C2CCC(C)CC2)CC1. The van der Waals surface area contributed by atoms with Gasteiger partial charge in [0.25, 0.3) is 0 Å². The normalized spacial score (nSPS) is 39.4. The van der Waals surface area contributed by atoms with Crippen molar-refractivity contribution < 1.29 is 0 Å². The standard InChI is InChI=1S/C14H26.2CH4/c1-11-3-7-13(8-4-11)14-9-5-12(2)6-10-14;;/h11-14H,3-10H2,1-2H3;2*1H4. The van der Waals surface area contributed by atoms with Crippen LogP contribution in [0.1, 0.15) is 80.1 Å². The molecule has 0 unspecified atom stereocenters. The number of hydrogen-bond acceptors (Lipinski definition) is 0. The highest BCUT2D eigenvalue weighted by atomic mass is 14.3. The van der Waals surface area contributed by atoms with Crippen molar-refractivity contribution in [2.24, 2.45) is 23.7 Å². The van der Waals surface area contributed by atoms with Gasteiger partial charge in [-0.1, -0.05) is 54.4 Å². The smallest absolute Gasteiger partial charge is 0.0386 e. The van der Waals surface area contributed by atoms with E-state index in [1.54, 1.807) is 25.7 Å². The monoisotopic (exact) mass is 226 g/mol. The summed E-state index contributed by atoms with van der Waals surface area (Å²) in [6.07, 6.45) is 12.2. The third-order valence-electron chi connectivity index (χ3n) is 4.79. The predicted octanol–water partition coefficient (Wildman–Crippen LogP) is 5.91. The molecule has 0 bridgehead atoms. The molecule has 0 spiro atoms. The van der Waals surface area contributed by atoms with E-state index in [0.717, 1.165) is 23.7 Å². The van der Waals surface area contributed by atoms with Crippen LogP contribution < -0.4 is 0 Å². The molecule has 16 heavy (non-hydrogen) atoms. The highest BCUT2D eigenvalue weighted by Gasteiger charge is 2.28. The highest BCUT2D eigenvalue weighted by molar-refractivity contribution is 4.80. The van der Waals surface area contributed by atoms with E-state index in [1.165, 1.54) is 25.7 Å². The number of hydrogen-bond donors (Lipinski definition) is 0. The predicted molar refractivity (Wildman–Crippen MR) is 75.7 cm³/mol. The van der Waals surface area contributed by atoms with E-state index in [4.69, 9.17) is 0 Å². The summed E-state index contributed by atoms with van der Waals surface area (Å²) in [4.78, 5) is 0. The zero-order valence-corrected chi connectivity index (χ0v) is 9.97. The quantitative estimate of drug-likeness (QED) is 0.521. The van der Waals surface area contributed by atoms with Gasteiger partial charge in [-0.3, -0.25) is 0 Å². The van der Waals surface area contributed by atoms with Gasteiger partial charge < -0.3 is 0 Å². The Morgan fingerprint density at radius 2 is 0.750 bits per heavy atom. The van der Waals surface area contributed by atoms with Crippen LogP contribution in [-0.4, -0.2) is 0 Å². The molecule has 0 nitrogen and oxygen atoms in total. The molecule has 0 aromatic heterocycles. The fraction of sp³-hybridized carbons (Fsp3) is 1.00. The lowest BCUT2D eigenvalue weighted by molar-refractivity contribution is 0.155. The summed E-state index contributed by atoms with van der Waals surface area (Å²) in [5.74, 6) is 4.26. The summed E-state index contributed by atoms with van der Waals surface area (Å²) in [6.45, 7) is 4.86.